The average Bonchev–Trinajstić information content (AvgIpc) is 2.74. The third-order valence-electron chi connectivity index (χ3n) is 3.21. The van der Waals surface area contributed by atoms with Gasteiger partial charge in [0.05, 0.1) is 11.7 Å². The van der Waals surface area contributed by atoms with Crippen molar-refractivity contribution in [1.29, 1.82) is 0 Å². The van der Waals surface area contributed by atoms with Crippen LogP contribution in [0.1, 0.15) is 42.8 Å². The minimum atomic E-state index is -2.73. The van der Waals surface area contributed by atoms with Crippen LogP contribution in [0.2, 0.25) is 0 Å². The van der Waals surface area contributed by atoms with Gasteiger partial charge in [-0.1, -0.05) is 13.8 Å². The van der Waals surface area contributed by atoms with Gasteiger partial charge in [-0.05, 0) is 17.9 Å². The van der Waals surface area contributed by atoms with Crippen LogP contribution in [0.15, 0.2) is 16.7 Å². The number of halogens is 2. The van der Waals surface area contributed by atoms with Crippen LogP contribution in [0, 0.1) is 5.41 Å². The Morgan fingerprint density at radius 2 is 2.26 bits per heavy atom. The minimum Gasteiger partial charge on any atom is -0.462 e. The van der Waals surface area contributed by atoms with Crippen LogP contribution in [0.5, 0.6) is 0 Å². The number of rotatable bonds is 2. The van der Waals surface area contributed by atoms with Crippen molar-refractivity contribution in [2.75, 3.05) is 13.1 Å². The second kappa shape index (κ2) is 4.92. The molecule has 0 aliphatic carbocycles. The lowest BCUT2D eigenvalue weighted by Gasteiger charge is -2.40. The fourth-order valence-electron chi connectivity index (χ4n) is 2.52. The quantitative estimate of drug-likeness (QED) is 0.900. The molecule has 2 heterocycles. The van der Waals surface area contributed by atoms with E-state index in [1.54, 1.807) is 0 Å². The maximum absolute atomic E-state index is 12.4. The molecule has 2 rings (SSSR count). The first-order chi connectivity index (χ1) is 8.78. The highest BCUT2D eigenvalue weighted by Gasteiger charge is 2.34. The number of carbonyl (C=O) groups excluding carboxylic acids is 1. The van der Waals surface area contributed by atoms with Gasteiger partial charge in [-0.3, -0.25) is 4.79 Å². The first-order valence-corrected chi connectivity index (χ1v) is 6.12. The van der Waals surface area contributed by atoms with Crippen molar-refractivity contribution in [3.05, 3.63) is 23.7 Å². The molecular formula is C13H17F2NO3. The third-order valence-corrected chi connectivity index (χ3v) is 3.21. The topological polar surface area (TPSA) is 53.7 Å². The van der Waals surface area contributed by atoms with Gasteiger partial charge in [0.25, 0.3) is 12.3 Å². The van der Waals surface area contributed by atoms with E-state index in [1.165, 1.54) is 4.90 Å². The molecule has 1 aliphatic rings. The van der Waals surface area contributed by atoms with E-state index in [4.69, 9.17) is 0 Å². The molecule has 0 saturated carbocycles. The Bertz CT molecular complexity index is 470. The fraction of sp³-hybridized carbons (Fsp3) is 0.615. The van der Waals surface area contributed by atoms with E-state index < -0.39 is 18.3 Å². The van der Waals surface area contributed by atoms with Gasteiger partial charge in [-0.2, -0.15) is 0 Å². The van der Waals surface area contributed by atoms with Crippen LogP contribution in [-0.2, 0) is 0 Å². The number of furan rings is 1. The monoisotopic (exact) mass is 273 g/mol. The zero-order chi connectivity index (χ0) is 14.2. The summed E-state index contributed by atoms with van der Waals surface area (Å²) in [6.07, 6.45) is -1.67. The highest BCUT2D eigenvalue weighted by atomic mass is 19.3. The van der Waals surface area contributed by atoms with Crippen molar-refractivity contribution in [3.8, 4) is 0 Å². The molecule has 4 nitrogen and oxygen atoms in total. The summed E-state index contributed by atoms with van der Waals surface area (Å²) in [5.74, 6) is -0.900. The summed E-state index contributed by atoms with van der Waals surface area (Å²) in [5, 5.41) is 9.77. The maximum atomic E-state index is 12.4. The maximum Gasteiger partial charge on any atom is 0.295 e. The van der Waals surface area contributed by atoms with E-state index in [-0.39, 0.29) is 23.4 Å². The van der Waals surface area contributed by atoms with Crippen LogP contribution in [0.3, 0.4) is 0 Å². The standard InChI is InChI=1S/C13H17F2NO3/c1-13(2)4-9(17)5-16(7-13)12(18)8-3-10(11(14)15)19-6-8/h3,6,9,11,17H,4-5,7H2,1-2H3. The van der Waals surface area contributed by atoms with E-state index in [9.17, 15) is 18.7 Å². The number of piperidine rings is 1. The molecule has 1 amide bonds. The van der Waals surface area contributed by atoms with Crippen molar-refractivity contribution < 1.29 is 23.1 Å². The second-order valence-electron chi connectivity index (χ2n) is 5.75. The average molecular weight is 273 g/mol. The highest BCUT2D eigenvalue weighted by molar-refractivity contribution is 5.94. The molecular weight excluding hydrogens is 256 g/mol. The van der Waals surface area contributed by atoms with Gasteiger partial charge in [0.2, 0.25) is 0 Å². The Hall–Kier alpha value is -1.43. The summed E-state index contributed by atoms with van der Waals surface area (Å²) < 4.78 is 29.5. The zero-order valence-electron chi connectivity index (χ0n) is 10.9. The number of aliphatic hydroxyl groups is 1. The molecule has 1 fully saturated rings. The number of hydrogen-bond acceptors (Lipinski definition) is 3. The van der Waals surface area contributed by atoms with E-state index >= 15 is 0 Å². The Morgan fingerprint density at radius 3 is 2.79 bits per heavy atom. The smallest absolute Gasteiger partial charge is 0.295 e. The number of likely N-dealkylation sites (tertiary alicyclic amines) is 1. The summed E-state index contributed by atoms with van der Waals surface area (Å²) in [4.78, 5) is 13.7. The molecule has 0 spiro atoms. The number of alkyl halides is 2. The second-order valence-corrected chi connectivity index (χ2v) is 5.75. The molecule has 1 aliphatic heterocycles. The lowest BCUT2D eigenvalue weighted by molar-refractivity contribution is 0.00804. The number of amides is 1. The third kappa shape index (κ3) is 3.12. The highest BCUT2D eigenvalue weighted by Crippen LogP contribution is 2.30. The van der Waals surface area contributed by atoms with Crippen LogP contribution in [0.25, 0.3) is 0 Å². The zero-order valence-corrected chi connectivity index (χ0v) is 10.9. The Morgan fingerprint density at radius 1 is 1.58 bits per heavy atom. The van der Waals surface area contributed by atoms with Crippen LogP contribution in [-0.4, -0.2) is 35.1 Å². The molecule has 1 N–H and O–H groups in total. The predicted octanol–water partition coefficient (Wildman–Crippen LogP) is 2.45. The number of hydrogen-bond donors (Lipinski definition) is 1. The van der Waals surface area contributed by atoms with Crippen molar-refractivity contribution >= 4 is 5.91 Å². The van der Waals surface area contributed by atoms with Gasteiger partial charge in [0.1, 0.15) is 6.26 Å². The molecule has 1 aromatic rings. The molecule has 106 valence electrons. The molecule has 1 saturated heterocycles. The summed E-state index contributed by atoms with van der Waals surface area (Å²) >= 11 is 0. The largest absolute Gasteiger partial charge is 0.462 e. The summed E-state index contributed by atoms with van der Waals surface area (Å²) in [6, 6.07) is 1.06. The predicted molar refractivity (Wildman–Crippen MR) is 64.0 cm³/mol. The first kappa shape index (κ1) is 14.0. The SMILES string of the molecule is CC1(C)CC(O)CN(C(=O)c2coc(C(F)F)c2)C1. The molecule has 0 bridgehead atoms. The van der Waals surface area contributed by atoms with Crippen molar-refractivity contribution in [2.45, 2.75) is 32.8 Å². The van der Waals surface area contributed by atoms with E-state index in [1.807, 2.05) is 13.8 Å². The molecule has 0 aromatic carbocycles. The minimum absolute atomic E-state index is 0.0974. The van der Waals surface area contributed by atoms with Gasteiger partial charge < -0.3 is 14.4 Å². The normalized spacial score (nSPS) is 22.8. The molecule has 1 aromatic heterocycles. The molecule has 1 atom stereocenters. The number of nitrogens with zero attached hydrogens (tertiary/aromatic N) is 1. The van der Waals surface area contributed by atoms with Crippen molar-refractivity contribution in [2.24, 2.45) is 5.41 Å². The lowest BCUT2D eigenvalue weighted by atomic mass is 9.82. The van der Waals surface area contributed by atoms with Gasteiger partial charge >= 0.3 is 0 Å². The Labute approximate surface area is 110 Å². The van der Waals surface area contributed by atoms with Crippen LogP contribution < -0.4 is 0 Å². The van der Waals surface area contributed by atoms with E-state index in [2.05, 4.69) is 4.42 Å². The van der Waals surface area contributed by atoms with Gasteiger partial charge in [-0.15, -0.1) is 0 Å². The van der Waals surface area contributed by atoms with Crippen molar-refractivity contribution in [3.63, 3.8) is 0 Å². The number of aliphatic hydroxyl groups excluding tert-OH is 1. The van der Waals surface area contributed by atoms with E-state index in [0.29, 0.717) is 13.0 Å². The molecule has 6 heteroatoms. The van der Waals surface area contributed by atoms with Crippen LogP contribution in [0.4, 0.5) is 8.78 Å². The van der Waals surface area contributed by atoms with Crippen molar-refractivity contribution in [1.82, 2.24) is 4.90 Å². The van der Waals surface area contributed by atoms with Crippen LogP contribution >= 0.6 is 0 Å². The summed E-state index contributed by atoms with van der Waals surface area (Å²) in [6.45, 7) is 4.61. The molecule has 19 heavy (non-hydrogen) atoms. The number of carbonyl (C=O) groups is 1. The molecule has 0 radical (unpaired) electrons. The lowest BCUT2D eigenvalue weighted by Crippen LogP contribution is -2.49. The van der Waals surface area contributed by atoms with Gasteiger partial charge in [0.15, 0.2) is 5.76 Å². The fourth-order valence-corrected chi connectivity index (χ4v) is 2.52. The number of β-amino-alcohol motifs (C(OH)–C–C–N with tert-alkyl or cyclic N) is 1. The molecule has 1 unspecified atom stereocenters. The summed E-state index contributed by atoms with van der Waals surface area (Å²) in [5.41, 5.74) is -0.0945. The Balaban J connectivity index is 2.14. The van der Waals surface area contributed by atoms with E-state index in [0.717, 1.165) is 12.3 Å². The van der Waals surface area contributed by atoms with Gasteiger partial charge in [0, 0.05) is 13.1 Å². The first-order valence-electron chi connectivity index (χ1n) is 6.12. The van der Waals surface area contributed by atoms with Gasteiger partial charge in [-0.25, -0.2) is 8.78 Å². The Kier molecular flexibility index (Phi) is 3.62. The summed E-state index contributed by atoms with van der Waals surface area (Å²) in [7, 11) is 0.